The van der Waals surface area contributed by atoms with Crippen molar-refractivity contribution in [3.63, 3.8) is 0 Å². The van der Waals surface area contributed by atoms with Crippen LogP contribution in [-0.2, 0) is 9.53 Å². The number of carbonyl (C=O) groups is 2. The highest BCUT2D eigenvalue weighted by molar-refractivity contribution is 5.82. The molecule has 2 rings (SSSR count). The van der Waals surface area contributed by atoms with Crippen molar-refractivity contribution >= 4 is 12.0 Å². The van der Waals surface area contributed by atoms with E-state index in [-0.39, 0.29) is 24.2 Å². The average molecular weight is 256 g/mol. The number of carboxylic acids is 1. The van der Waals surface area contributed by atoms with Crippen LogP contribution < -0.4 is 10.6 Å². The molecule has 0 radical (unpaired) electrons. The highest BCUT2D eigenvalue weighted by atomic mass is 16.5. The Hall–Kier alpha value is -1.30. The van der Waals surface area contributed by atoms with E-state index in [1.54, 1.807) is 13.8 Å². The Labute approximate surface area is 106 Å². The fourth-order valence-electron chi connectivity index (χ4n) is 2.65. The van der Waals surface area contributed by atoms with Gasteiger partial charge in [-0.3, -0.25) is 0 Å². The summed E-state index contributed by atoms with van der Waals surface area (Å²) in [7, 11) is 0. The van der Waals surface area contributed by atoms with Crippen molar-refractivity contribution in [2.45, 2.75) is 57.4 Å². The van der Waals surface area contributed by atoms with E-state index in [9.17, 15) is 9.59 Å². The molecule has 0 aliphatic carbocycles. The third-order valence-electron chi connectivity index (χ3n) is 3.64. The molecular weight excluding hydrogens is 236 g/mol. The maximum absolute atomic E-state index is 11.8. The van der Waals surface area contributed by atoms with Crippen molar-refractivity contribution in [3.8, 4) is 0 Å². The zero-order chi connectivity index (χ0) is 13.3. The van der Waals surface area contributed by atoms with E-state index in [0.717, 1.165) is 19.3 Å². The van der Waals surface area contributed by atoms with E-state index in [1.807, 2.05) is 0 Å². The second kappa shape index (κ2) is 5.14. The fourth-order valence-corrected chi connectivity index (χ4v) is 2.65. The van der Waals surface area contributed by atoms with E-state index in [0.29, 0.717) is 0 Å². The number of aliphatic carboxylic acids is 1. The van der Waals surface area contributed by atoms with Crippen LogP contribution in [0.5, 0.6) is 0 Å². The van der Waals surface area contributed by atoms with Crippen LogP contribution in [0.3, 0.4) is 0 Å². The predicted octanol–water partition coefficient (Wildman–Crippen LogP) is 0.715. The largest absolute Gasteiger partial charge is 0.480 e. The molecule has 3 unspecified atom stereocenters. The molecule has 2 amide bonds. The highest BCUT2D eigenvalue weighted by Gasteiger charge is 2.41. The van der Waals surface area contributed by atoms with Gasteiger partial charge in [0.25, 0.3) is 0 Å². The molecule has 0 saturated carbocycles. The van der Waals surface area contributed by atoms with Gasteiger partial charge in [-0.05, 0) is 25.2 Å². The van der Waals surface area contributed by atoms with Crippen LogP contribution in [0.4, 0.5) is 4.79 Å². The molecule has 102 valence electrons. The molecule has 2 aliphatic rings. The SMILES string of the molecule is CC(C)[C@@H](NC(=O)NC1CC2CCC1O2)C(=O)O. The summed E-state index contributed by atoms with van der Waals surface area (Å²) in [5, 5.41) is 14.3. The molecule has 6 heteroatoms. The van der Waals surface area contributed by atoms with Crippen LogP contribution in [0.2, 0.25) is 0 Å². The van der Waals surface area contributed by atoms with Gasteiger partial charge in [0.05, 0.1) is 18.2 Å². The Balaban J connectivity index is 1.83. The molecule has 0 spiro atoms. The minimum atomic E-state index is -1.01. The van der Waals surface area contributed by atoms with Gasteiger partial charge >= 0.3 is 12.0 Å². The normalized spacial score (nSPS) is 31.4. The van der Waals surface area contributed by atoms with E-state index in [2.05, 4.69) is 10.6 Å². The number of urea groups is 1. The number of hydrogen-bond donors (Lipinski definition) is 3. The maximum Gasteiger partial charge on any atom is 0.326 e. The van der Waals surface area contributed by atoms with Crippen LogP contribution in [0.1, 0.15) is 33.1 Å². The number of nitrogens with one attached hydrogen (secondary N) is 2. The molecule has 0 aromatic rings. The topological polar surface area (TPSA) is 87.7 Å². The van der Waals surface area contributed by atoms with Crippen LogP contribution in [-0.4, -0.2) is 41.4 Å². The molecule has 6 nitrogen and oxygen atoms in total. The Morgan fingerprint density at radius 1 is 1.33 bits per heavy atom. The summed E-state index contributed by atoms with van der Waals surface area (Å²) in [6, 6.07) is -1.26. The Morgan fingerprint density at radius 2 is 2.06 bits per heavy atom. The predicted molar refractivity (Wildman–Crippen MR) is 64.2 cm³/mol. The first-order valence-corrected chi connectivity index (χ1v) is 6.42. The molecule has 2 bridgehead atoms. The number of fused-ring (bicyclic) bond motifs is 2. The molecule has 2 heterocycles. The standard InChI is InChI=1S/C12H20N2O4/c1-6(2)10(11(15)16)14-12(17)13-8-5-7-3-4-9(8)18-7/h6-10H,3-5H2,1-2H3,(H,15,16)(H2,13,14,17)/t7?,8?,9?,10-/m1/s1. The van der Waals surface area contributed by atoms with Gasteiger partial charge in [0.2, 0.25) is 0 Å². The fraction of sp³-hybridized carbons (Fsp3) is 0.833. The van der Waals surface area contributed by atoms with Gasteiger partial charge in [-0.2, -0.15) is 0 Å². The summed E-state index contributed by atoms with van der Waals surface area (Å²) in [6.45, 7) is 3.53. The molecule has 0 aromatic carbocycles. The van der Waals surface area contributed by atoms with Crippen LogP contribution in [0, 0.1) is 5.92 Å². The molecule has 2 saturated heterocycles. The minimum absolute atomic E-state index is 0.0188. The summed E-state index contributed by atoms with van der Waals surface area (Å²) in [6.07, 6.45) is 3.23. The average Bonchev–Trinajstić information content (AvgIpc) is 2.86. The van der Waals surface area contributed by atoms with Gasteiger partial charge in [0.1, 0.15) is 6.04 Å². The van der Waals surface area contributed by atoms with E-state index >= 15 is 0 Å². The van der Waals surface area contributed by atoms with Crippen LogP contribution >= 0.6 is 0 Å². The van der Waals surface area contributed by atoms with Crippen molar-refractivity contribution < 1.29 is 19.4 Å². The second-order valence-electron chi connectivity index (χ2n) is 5.39. The lowest BCUT2D eigenvalue weighted by Gasteiger charge is -2.23. The van der Waals surface area contributed by atoms with Crippen molar-refractivity contribution in [2.75, 3.05) is 0 Å². The first-order chi connectivity index (χ1) is 8.47. The smallest absolute Gasteiger partial charge is 0.326 e. The van der Waals surface area contributed by atoms with Crippen molar-refractivity contribution in [1.29, 1.82) is 0 Å². The molecule has 4 atom stereocenters. The summed E-state index contributed by atoms with van der Waals surface area (Å²) in [5.41, 5.74) is 0. The van der Waals surface area contributed by atoms with E-state index in [4.69, 9.17) is 9.84 Å². The quantitative estimate of drug-likeness (QED) is 0.691. The monoisotopic (exact) mass is 256 g/mol. The van der Waals surface area contributed by atoms with Gasteiger partial charge < -0.3 is 20.5 Å². The third kappa shape index (κ3) is 2.75. The first kappa shape index (κ1) is 13.1. The molecule has 0 aromatic heterocycles. The molecule has 18 heavy (non-hydrogen) atoms. The first-order valence-electron chi connectivity index (χ1n) is 6.42. The van der Waals surface area contributed by atoms with Crippen molar-refractivity contribution in [3.05, 3.63) is 0 Å². The lowest BCUT2D eigenvalue weighted by atomic mass is 9.96. The Morgan fingerprint density at radius 3 is 2.50 bits per heavy atom. The van der Waals surface area contributed by atoms with Crippen molar-refractivity contribution in [2.24, 2.45) is 5.92 Å². The number of rotatable bonds is 4. The van der Waals surface area contributed by atoms with Crippen molar-refractivity contribution in [1.82, 2.24) is 10.6 Å². The Bertz CT molecular complexity index is 345. The van der Waals surface area contributed by atoms with E-state index < -0.39 is 18.0 Å². The number of carbonyl (C=O) groups excluding carboxylic acids is 1. The van der Waals surface area contributed by atoms with Gasteiger partial charge in [0, 0.05) is 0 Å². The molecule has 3 N–H and O–H groups in total. The summed E-state index contributed by atoms with van der Waals surface area (Å²) in [5.74, 6) is -1.16. The Kier molecular flexibility index (Phi) is 3.75. The number of carboxylic acid groups (broad SMARTS) is 1. The number of amides is 2. The summed E-state index contributed by atoms with van der Waals surface area (Å²) >= 11 is 0. The summed E-state index contributed by atoms with van der Waals surface area (Å²) < 4.78 is 5.63. The second-order valence-corrected chi connectivity index (χ2v) is 5.39. The van der Waals surface area contributed by atoms with Gasteiger partial charge in [0.15, 0.2) is 0 Å². The number of ether oxygens (including phenoxy) is 1. The zero-order valence-corrected chi connectivity index (χ0v) is 10.7. The third-order valence-corrected chi connectivity index (χ3v) is 3.64. The maximum atomic E-state index is 11.8. The van der Waals surface area contributed by atoms with Crippen LogP contribution in [0.25, 0.3) is 0 Å². The molecule has 2 fully saturated rings. The van der Waals surface area contributed by atoms with Crippen LogP contribution in [0.15, 0.2) is 0 Å². The van der Waals surface area contributed by atoms with Gasteiger partial charge in [-0.1, -0.05) is 13.8 Å². The highest BCUT2D eigenvalue weighted by Crippen LogP contribution is 2.34. The summed E-state index contributed by atoms with van der Waals surface area (Å²) in [4.78, 5) is 22.7. The number of hydrogen-bond acceptors (Lipinski definition) is 3. The molecule has 2 aliphatic heterocycles. The lowest BCUT2D eigenvalue weighted by Crippen LogP contribution is -2.52. The zero-order valence-electron chi connectivity index (χ0n) is 10.7. The van der Waals surface area contributed by atoms with Gasteiger partial charge in [-0.15, -0.1) is 0 Å². The van der Waals surface area contributed by atoms with E-state index in [1.165, 1.54) is 0 Å². The minimum Gasteiger partial charge on any atom is -0.480 e. The molecular formula is C12H20N2O4. The lowest BCUT2D eigenvalue weighted by molar-refractivity contribution is -0.140. The van der Waals surface area contributed by atoms with Gasteiger partial charge in [-0.25, -0.2) is 9.59 Å².